The van der Waals surface area contributed by atoms with Crippen LogP contribution in [0.25, 0.3) is 0 Å². The molecule has 2 amide bonds. The van der Waals surface area contributed by atoms with E-state index in [-0.39, 0.29) is 36.7 Å². The third-order valence-electron chi connectivity index (χ3n) is 6.17. The number of nitrogens with zero attached hydrogens (tertiary/aromatic N) is 1. The van der Waals surface area contributed by atoms with Gasteiger partial charge in [-0.15, -0.1) is 0 Å². The normalized spacial score (nSPS) is 14.0. The molecule has 0 aromatic rings. The van der Waals surface area contributed by atoms with Crippen LogP contribution in [0, 0.1) is 0 Å². The van der Waals surface area contributed by atoms with E-state index >= 15 is 0 Å². The van der Waals surface area contributed by atoms with Crippen LogP contribution in [0.2, 0.25) is 0 Å². The zero-order valence-electron chi connectivity index (χ0n) is 20.8. The summed E-state index contributed by atoms with van der Waals surface area (Å²) in [5, 5.41) is 11.9. The third-order valence-corrected chi connectivity index (χ3v) is 6.17. The second-order valence-corrected chi connectivity index (χ2v) is 8.89. The Morgan fingerprint density at radius 2 is 1.26 bits per heavy atom. The highest BCUT2D eigenvalue weighted by atomic mass is 16.4. The highest BCUT2D eigenvalue weighted by Crippen LogP contribution is 2.16. The van der Waals surface area contributed by atoms with Crippen molar-refractivity contribution in [2.75, 3.05) is 0 Å². The molecule has 0 bridgehead atoms. The quantitative estimate of drug-likeness (QED) is 0.253. The van der Waals surface area contributed by atoms with E-state index in [4.69, 9.17) is 5.11 Å². The molecule has 2 N–H and O–H groups in total. The van der Waals surface area contributed by atoms with Crippen LogP contribution in [0.3, 0.4) is 0 Å². The molecule has 6 nitrogen and oxygen atoms in total. The maximum Gasteiger partial charge on any atom is 0.303 e. The molecule has 182 valence electrons. The van der Waals surface area contributed by atoms with Crippen LogP contribution in [0.15, 0.2) is 0 Å². The molecular formula is C25H48N2O4. The summed E-state index contributed by atoms with van der Waals surface area (Å²) in [7, 11) is 0. The maximum absolute atomic E-state index is 13.2. The number of nitrogens with one attached hydrogen (secondary N) is 1. The number of carboxylic acids is 1. The van der Waals surface area contributed by atoms with Gasteiger partial charge in [0.15, 0.2) is 0 Å². The zero-order chi connectivity index (χ0) is 23.6. The van der Waals surface area contributed by atoms with Gasteiger partial charge in [-0.1, -0.05) is 72.1 Å². The second kappa shape index (κ2) is 18.0. The molecule has 2 unspecified atom stereocenters. The largest absolute Gasteiger partial charge is 0.481 e. The Kier molecular flexibility index (Phi) is 17.1. The molecule has 31 heavy (non-hydrogen) atoms. The molecule has 0 aliphatic heterocycles. The lowest BCUT2D eigenvalue weighted by Crippen LogP contribution is -2.54. The Hall–Kier alpha value is -1.59. The van der Waals surface area contributed by atoms with Gasteiger partial charge in [-0.2, -0.15) is 0 Å². The van der Waals surface area contributed by atoms with Gasteiger partial charge in [0, 0.05) is 24.9 Å². The molecule has 0 heterocycles. The SMILES string of the molecule is CCCCCCCCCCCC(=O)N[C@@H](CCC(=O)O)C(=O)N(C(C)CC)C(C)CC. The zero-order valence-corrected chi connectivity index (χ0v) is 20.8. The first-order chi connectivity index (χ1) is 14.8. The molecule has 6 heteroatoms. The first-order valence-corrected chi connectivity index (χ1v) is 12.6. The highest BCUT2D eigenvalue weighted by molar-refractivity contribution is 5.88. The van der Waals surface area contributed by atoms with E-state index in [1.807, 2.05) is 32.6 Å². The van der Waals surface area contributed by atoms with Crippen molar-refractivity contribution in [2.45, 2.75) is 143 Å². The van der Waals surface area contributed by atoms with Crippen LogP contribution in [0.4, 0.5) is 0 Å². The van der Waals surface area contributed by atoms with E-state index in [2.05, 4.69) is 12.2 Å². The van der Waals surface area contributed by atoms with Gasteiger partial charge in [0.1, 0.15) is 6.04 Å². The highest BCUT2D eigenvalue weighted by Gasteiger charge is 2.31. The van der Waals surface area contributed by atoms with E-state index in [1.165, 1.54) is 38.5 Å². The van der Waals surface area contributed by atoms with Crippen LogP contribution in [-0.2, 0) is 14.4 Å². The van der Waals surface area contributed by atoms with E-state index in [1.54, 1.807) is 0 Å². The molecule has 0 aliphatic rings. The van der Waals surface area contributed by atoms with Gasteiger partial charge in [-0.05, 0) is 39.5 Å². The van der Waals surface area contributed by atoms with Gasteiger partial charge in [0.05, 0.1) is 0 Å². The first kappa shape index (κ1) is 29.4. The van der Waals surface area contributed by atoms with Gasteiger partial charge in [0.2, 0.25) is 11.8 Å². The Bertz CT molecular complexity index is 500. The fourth-order valence-corrected chi connectivity index (χ4v) is 3.83. The molecule has 0 radical (unpaired) electrons. The lowest BCUT2D eigenvalue weighted by Gasteiger charge is -2.36. The van der Waals surface area contributed by atoms with Crippen molar-refractivity contribution in [3.05, 3.63) is 0 Å². The molecule has 0 aliphatic carbocycles. The summed E-state index contributed by atoms with van der Waals surface area (Å²) in [6.07, 6.45) is 12.6. The second-order valence-electron chi connectivity index (χ2n) is 8.89. The fourth-order valence-electron chi connectivity index (χ4n) is 3.83. The molecule has 3 atom stereocenters. The van der Waals surface area contributed by atoms with Gasteiger partial charge >= 0.3 is 5.97 Å². The standard InChI is InChI=1S/C25H48N2O4/c1-6-9-10-11-12-13-14-15-16-17-23(28)26-22(18-19-24(29)30)25(31)27(20(4)7-2)21(5)8-3/h20-22H,6-19H2,1-5H3,(H,26,28)(H,29,30)/t20?,21?,22-/m0/s1. The number of carbonyl (C=O) groups is 3. The number of hydrogen-bond acceptors (Lipinski definition) is 3. The average molecular weight is 441 g/mol. The Morgan fingerprint density at radius 3 is 1.71 bits per heavy atom. The first-order valence-electron chi connectivity index (χ1n) is 12.6. The van der Waals surface area contributed by atoms with Crippen molar-refractivity contribution in [3.8, 4) is 0 Å². The van der Waals surface area contributed by atoms with Crippen LogP contribution < -0.4 is 5.32 Å². The third kappa shape index (κ3) is 13.4. The van der Waals surface area contributed by atoms with Crippen molar-refractivity contribution < 1.29 is 19.5 Å². The van der Waals surface area contributed by atoms with Crippen molar-refractivity contribution in [3.63, 3.8) is 0 Å². The lowest BCUT2D eigenvalue weighted by atomic mass is 10.0. The van der Waals surface area contributed by atoms with Crippen molar-refractivity contribution >= 4 is 17.8 Å². The number of amides is 2. The van der Waals surface area contributed by atoms with Crippen molar-refractivity contribution in [1.82, 2.24) is 10.2 Å². The number of rotatable bonds is 19. The van der Waals surface area contributed by atoms with Crippen LogP contribution in [0.5, 0.6) is 0 Å². The van der Waals surface area contributed by atoms with Gasteiger partial charge in [0.25, 0.3) is 0 Å². The summed E-state index contributed by atoms with van der Waals surface area (Å²) in [5.74, 6) is -1.27. The predicted molar refractivity (Wildman–Crippen MR) is 127 cm³/mol. The Labute approximate surface area is 190 Å². The van der Waals surface area contributed by atoms with Crippen LogP contribution in [0.1, 0.15) is 125 Å². The summed E-state index contributed by atoms with van der Waals surface area (Å²) in [6.45, 7) is 10.3. The summed E-state index contributed by atoms with van der Waals surface area (Å²) in [6, 6.07) is -0.682. The van der Waals surface area contributed by atoms with Crippen LogP contribution in [-0.4, -0.2) is 45.9 Å². The molecule has 0 fully saturated rings. The summed E-state index contributed by atoms with van der Waals surface area (Å²) < 4.78 is 0. The number of hydrogen-bond donors (Lipinski definition) is 2. The number of aliphatic carboxylic acids is 1. The van der Waals surface area contributed by atoms with Crippen molar-refractivity contribution in [1.29, 1.82) is 0 Å². The minimum atomic E-state index is -0.954. The van der Waals surface area contributed by atoms with Crippen molar-refractivity contribution in [2.24, 2.45) is 0 Å². The predicted octanol–water partition coefficient (Wildman–Crippen LogP) is 5.68. The van der Waals surface area contributed by atoms with Gasteiger partial charge in [-0.3, -0.25) is 14.4 Å². The summed E-state index contributed by atoms with van der Waals surface area (Å²) in [5.41, 5.74) is 0. The summed E-state index contributed by atoms with van der Waals surface area (Å²) in [4.78, 5) is 38.6. The minimum Gasteiger partial charge on any atom is -0.481 e. The topological polar surface area (TPSA) is 86.7 Å². The van der Waals surface area contributed by atoms with Gasteiger partial charge < -0.3 is 15.3 Å². The number of unbranched alkanes of at least 4 members (excludes halogenated alkanes) is 8. The molecule has 0 saturated heterocycles. The number of carbonyl (C=O) groups excluding carboxylic acids is 2. The Balaban J connectivity index is 4.65. The van der Waals surface area contributed by atoms with Crippen LogP contribution >= 0.6 is 0 Å². The number of carboxylic acid groups (broad SMARTS) is 1. The molecule has 0 aromatic carbocycles. The minimum absolute atomic E-state index is 0.0454. The van der Waals surface area contributed by atoms with E-state index in [9.17, 15) is 14.4 Å². The average Bonchev–Trinajstić information content (AvgIpc) is 2.74. The smallest absolute Gasteiger partial charge is 0.303 e. The summed E-state index contributed by atoms with van der Waals surface area (Å²) >= 11 is 0. The molecule has 0 saturated carbocycles. The van der Waals surface area contributed by atoms with E-state index < -0.39 is 12.0 Å². The lowest BCUT2D eigenvalue weighted by molar-refractivity contribution is -0.142. The molecule has 0 aromatic heterocycles. The Morgan fingerprint density at radius 1 is 0.774 bits per heavy atom. The van der Waals surface area contributed by atoms with E-state index in [0.717, 1.165) is 32.1 Å². The maximum atomic E-state index is 13.2. The van der Waals surface area contributed by atoms with Gasteiger partial charge in [-0.25, -0.2) is 0 Å². The molecule has 0 rings (SSSR count). The van der Waals surface area contributed by atoms with E-state index in [0.29, 0.717) is 6.42 Å². The molecule has 0 spiro atoms. The fraction of sp³-hybridized carbons (Fsp3) is 0.880. The monoisotopic (exact) mass is 440 g/mol. The molecular weight excluding hydrogens is 392 g/mol.